The summed E-state index contributed by atoms with van der Waals surface area (Å²) in [5.74, 6) is -1.53. The Labute approximate surface area is 104 Å². The number of thiocarbonyl (C=S) groups is 1. The third kappa shape index (κ3) is 2.51. The lowest BCUT2D eigenvalue weighted by Gasteiger charge is -2.00. The van der Waals surface area contributed by atoms with Crippen LogP contribution >= 0.6 is 12.2 Å². The van der Waals surface area contributed by atoms with Gasteiger partial charge in [0.1, 0.15) is 0 Å². The maximum absolute atomic E-state index is 10.7. The van der Waals surface area contributed by atoms with Crippen LogP contribution in [0.3, 0.4) is 0 Å². The molecule has 92 valence electrons. The Bertz CT molecular complexity index is 572. The van der Waals surface area contributed by atoms with Gasteiger partial charge in [0.05, 0.1) is 20.6 Å². The number of hydrogen-bond acceptors (Lipinski definition) is 7. The number of nitrogens with zero attached hydrogens (tertiary/aromatic N) is 3. The van der Waals surface area contributed by atoms with Crippen LogP contribution < -0.4 is 0 Å². The topological polar surface area (TPSA) is 136 Å². The maximum Gasteiger partial charge on any atom is 0.336 e. The monoisotopic (exact) mass is 269 g/mol. The Morgan fingerprint density at radius 1 is 1.28 bits per heavy atom. The molecular weight excluding hydrogens is 266 g/mol. The van der Waals surface area contributed by atoms with E-state index in [0.717, 1.165) is 0 Å². The van der Waals surface area contributed by atoms with E-state index in [1.165, 1.54) is 0 Å². The number of hydrogen-bond donors (Lipinski definition) is 1. The zero-order valence-corrected chi connectivity index (χ0v) is 9.21. The smallest absolute Gasteiger partial charge is 0.336 e. The molecule has 1 aromatic rings. The second kappa shape index (κ2) is 5.08. The highest BCUT2D eigenvalue weighted by Crippen LogP contribution is 2.37. The highest BCUT2D eigenvalue weighted by atomic mass is 32.1. The van der Waals surface area contributed by atoms with Crippen molar-refractivity contribution in [3.05, 3.63) is 37.9 Å². The number of nitro benzene ring substituents is 2. The Morgan fingerprint density at radius 2 is 1.72 bits per heavy atom. The van der Waals surface area contributed by atoms with Crippen molar-refractivity contribution in [2.75, 3.05) is 0 Å². The molecule has 0 spiro atoms. The summed E-state index contributed by atoms with van der Waals surface area (Å²) in [6.45, 7) is 0. The molecule has 0 heterocycles. The highest BCUT2D eigenvalue weighted by molar-refractivity contribution is 7.78. The molecule has 0 atom stereocenters. The Kier molecular flexibility index (Phi) is 3.77. The largest absolute Gasteiger partial charge is 0.478 e. The molecule has 0 saturated heterocycles. The molecule has 0 amide bonds. The van der Waals surface area contributed by atoms with Crippen molar-refractivity contribution in [1.29, 1.82) is 0 Å². The number of rotatable bonds is 4. The molecule has 0 aliphatic rings. The van der Waals surface area contributed by atoms with Crippen molar-refractivity contribution in [3.8, 4) is 0 Å². The van der Waals surface area contributed by atoms with Gasteiger partial charge in [0.2, 0.25) is 5.69 Å². The quantitative estimate of drug-likeness (QED) is 0.381. The fourth-order valence-corrected chi connectivity index (χ4v) is 1.26. The molecule has 0 radical (unpaired) electrons. The molecule has 0 aliphatic heterocycles. The lowest BCUT2D eigenvalue weighted by molar-refractivity contribution is -0.392. The molecule has 18 heavy (non-hydrogen) atoms. The van der Waals surface area contributed by atoms with Gasteiger partial charge in [-0.2, -0.15) is 4.99 Å². The van der Waals surface area contributed by atoms with Gasteiger partial charge in [-0.25, -0.2) is 4.79 Å². The summed E-state index contributed by atoms with van der Waals surface area (Å²) in [5, 5.41) is 31.9. The van der Waals surface area contributed by atoms with Gasteiger partial charge in [0.15, 0.2) is 0 Å². The lowest BCUT2D eigenvalue weighted by Crippen LogP contribution is -2.01. The van der Waals surface area contributed by atoms with Crippen LogP contribution in [0.1, 0.15) is 10.4 Å². The predicted octanol–water partition coefficient (Wildman–Crippen LogP) is 1.94. The summed E-state index contributed by atoms with van der Waals surface area (Å²) in [6.07, 6.45) is 0. The maximum atomic E-state index is 10.7. The van der Waals surface area contributed by atoms with Gasteiger partial charge in [-0.05, 0) is 12.2 Å². The molecule has 10 heteroatoms. The fourth-order valence-electron chi connectivity index (χ4n) is 1.17. The number of benzene rings is 1. The van der Waals surface area contributed by atoms with Crippen LogP contribution in [0.5, 0.6) is 0 Å². The number of carboxylic acids is 1. The van der Waals surface area contributed by atoms with Crippen LogP contribution in [0.15, 0.2) is 17.1 Å². The SMILES string of the molecule is O=C(O)c1cc([N+](=O)[O-])c(N=C=S)c([N+](=O)[O-])c1. The molecule has 0 aliphatic carbocycles. The van der Waals surface area contributed by atoms with Crippen LogP contribution in [0.4, 0.5) is 17.1 Å². The van der Waals surface area contributed by atoms with E-state index < -0.39 is 38.4 Å². The van der Waals surface area contributed by atoms with Gasteiger partial charge in [-0.3, -0.25) is 20.2 Å². The average Bonchev–Trinajstić information content (AvgIpc) is 2.28. The molecule has 0 aromatic heterocycles. The van der Waals surface area contributed by atoms with Crippen LogP contribution in [-0.4, -0.2) is 26.1 Å². The van der Waals surface area contributed by atoms with Crippen molar-refractivity contribution in [2.45, 2.75) is 0 Å². The van der Waals surface area contributed by atoms with Gasteiger partial charge in [-0.15, -0.1) is 0 Å². The Balaban J connectivity index is 3.76. The number of isothiocyanates is 1. The highest BCUT2D eigenvalue weighted by Gasteiger charge is 2.28. The van der Waals surface area contributed by atoms with E-state index in [0.29, 0.717) is 12.1 Å². The summed E-state index contributed by atoms with van der Waals surface area (Å²) in [4.78, 5) is 33.4. The van der Waals surface area contributed by atoms with Crippen molar-refractivity contribution in [3.63, 3.8) is 0 Å². The Morgan fingerprint density at radius 3 is 2.00 bits per heavy atom. The van der Waals surface area contributed by atoms with E-state index in [2.05, 4.69) is 17.2 Å². The summed E-state index contributed by atoms with van der Waals surface area (Å²) >= 11 is 4.23. The normalized spacial score (nSPS) is 9.33. The molecule has 0 fully saturated rings. The average molecular weight is 269 g/mol. The van der Waals surface area contributed by atoms with Crippen molar-refractivity contribution >= 4 is 40.4 Å². The van der Waals surface area contributed by atoms with E-state index in [9.17, 15) is 25.0 Å². The van der Waals surface area contributed by atoms with E-state index in [-0.39, 0.29) is 0 Å². The molecule has 1 N–H and O–H groups in total. The predicted molar refractivity (Wildman–Crippen MR) is 61.4 cm³/mol. The van der Waals surface area contributed by atoms with E-state index in [1.807, 2.05) is 0 Å². The molecule has 1 rings (SSSR count). The van der Waals surface area contributed by atoms with Crippen molar-refractivity contribution < 1.29 is 19.7 Å². The minimum Gasteiger partial charge on any atom is -0.478 e. The van der Waals surface area contributed by atoms with Gasteiger partial charge in [-0.1, -0.05) is 0 Å². The molecule has 9 nitrogen and oxygen atoms in total. The number of aliphatic imine (C=N–C) groups is 1. The minimum atomic E-state index is -1.53. The molecule has 1 aromatic carbocycles. The molecular formula is C8H3N3O6S. The fraction of sp³-hybridized carbons (Fsp3) is 0. The van der Waals surface area contributed by atoms with E-state index in [4.69, 9.17) is 5.11 Å². The number of aromatic carboxylic acids is 1. The summed E-state index contributed by atoms with van der Waals surface area (Å²) < 4.78 is 0. The lowest BCUT2D eigenvalue weighted by atomic mass is 10.1. The minimum absolute atomic E-state index is 0.586. The first kappa shape index (κ1) is 13.4. The van der Waals surface area contributed by atoms with Gasteiger partial charge >= 0.3 is 17.3 Å². The van der Waals surface area contributed by atoms with E-state index >= 15 is 0 Å². The Hall–Kier alpha value is -2.71. The summed E-state index contributed by atoms with van der Waals surface area (Å²) in [7, 11) is 0. The second-order valence-electron chi connectivity index (χ2n) is 2.89. The third-order valence-corrected chi connectivity index (χ3v) is 1.96. The first-order valence-electron chi connectivity index (χ1n) is 4.16. The van der Waals surface area contributed by atoms with Gasteiger partial charge in [0.25, 0.3) is 0 Å². The third-order valence-electron chi connectivity index (χ3n) is 1.87. The molecule has 0 bridgehead atoms. The molecule has 0 unspecified atom stereocenters. The second-order valence-corrected chi connectivity index (χ2v) is 3.07. The van der Waals surface area contributed by atoms with E-state index in [1.54, 1.807) is 5.16 Å². The first-order chi connectivity index (χ1) is 8.38. The van der Waals surface area contributed by atoms with Crippen molar-refractivity contribution in [1.82, 2.24) is 0 Å². The standard InChI is InChI=1S/C8H3N3O6S/c12-8(13)4-1-5(10(14)15)7(9-3-18)6(2-4)11(16)17/h1-2H,(H,12,13). The van der Waals surface area contributed by atoms with Gasteiger partial charge in [0, 0.05) is 12.1 Å². The van der Waals surface area contributed by atoms with Crippen LogP contribution in [0.25, 0.3) is 0 Å². The van der Waals surface area contributed by atoms with Crippen LogP contribution in [0, 0.1) is 20.2 Å². The van der Waals surface area contributed by atoms with Gasteiger partial charge < -0.3 is 5.11 Å². The number of carboxylic acid groups (broad SMARTS) is 1. The zero-order chi connectivity index (χ0) is 13.9. The van der Waals surface area contributed by atoms with Crippen molar-refractivity contribution in [2.24, 2.45) is 4.99 Å². The first-order valence-corrected chi connectivity index (χ1v) is 4.57. The summed E-state index contributed by atoms with van der Waals surface area (Å²) in [6, 6.07) is 1.33. The summed E-state index contributed by atoms with van der Waals surface area (Å²) in [5.41, 5.74) is -2.86. The van der Waals surface area contributed by atoms with Crippen LogP contribution in [0.2, 0.25) is 0 Å². The molecule has 0 saturated carbocycles. The number of carbonyl (C=O) groups is 1. The number of nitro groups is 2. The zero-order valence-electron chi connectivity index (χ0n) is 8.39. The van der Waals surface area contributed by atoms with Crippen LogP contribution in [-0.2, 0) is 0 Å².